The molecular weight excluding hydrogens is 306 g/mol. The summed E-state index contributed by atoms with van der Waals surface area (Å²) in [5.74, 6) is 0. The molecule has 2 aromatic heterocycles. The Labute approximate surface area is 129 Å². The second-order valence-electron chi connectivity index (χ2n) is 4.97. The number of nitrogens with zero attached hydrogens (tertiary/aromatic N) is 1. The van der Waals surface area contributed by atoms with Gasteiger partial charge in [0.2, 0.25) is 10.0 Å². The minimum atomic E-state index is -3.50. The summed E-state index contributed by atoms with van der Waals surface area (Å²) in [5, 5.41) is 3.97. The number of hydrogen-bond donors (Lipinski definition) is 2. The molecule has 2 aromatic rings. The molecule has 3 N–H and O–H groups in total. The maximum Gasteiger partial charge on any atom is 0.242 e. The molecule has 0 saturated carbocycles. The summed E-state index contributed by atoms with van der Waals surface area (Å²) < 4.78 is 29.3. The van der Waals surface area contributed by atoms with Crippen LogP contribution in [0.2, 0.25) is 0 Å². The van der Waals surface area contributed by atoms with E-state index < -0.39 is 10.0 Å². The van der Waals surface area contributed by atoms with E-state index in [1.165, 1.54) is 0 Å². The maximum atomic E-state index is 12.4. The average molecular weight is 327 g/mol. The standard InChI is InChI=1S/C14H21N3O2S2/c1-3-4-17-8-14(5-13(17)6-15)21(18,19)16-7-12-10-20-9-11(12)2/h5,8-10,16H,3-4,6-7,15H2,1-2H3. The van der Waals surface area contributed by atoms with Crippen molar-refractivity contribution in [3.63, 3.8) is 0 Å². The Kier molecular flexibility index (Phi) is 5.21. The summed E-state index contributed by atoms with van der Waals surface area (Å²) in [6, 6.07) is 1.65. The van der Waals surface area contributed by atoms with Crippen molar-refractivity contribution in [2.24, 2.45) is 5.73 Å². The number of aryl methyl sites for hydroxylation is 2. The Hall–Kier alpha value is -1.15. The zero-order valence-corrected chi connectivity index (χ0v) is 13.9. The zero-order chi connectivity index (χ0) is 15.5. The van der Waals surface area contributed by atoms with Crippen molar-refractivity contribution in [1.82, 2.24) is 9.29 Å². The monoisotopic (exact) mass is 327 g/mol. The second kappa shape index (κ2) is 6.74. The van der Waals surface area contributed by atoms with E-state index in [0.29, 0.717) is 13.1 Å². The van der Waals surface area contributed by atoms with E-state index in [2.05, 4.69) is 4.72 Å². The minimum absolute atomic E-state index is 0.282. The first-order chi connectivity index (χ1) is 9.97. The summed E-state index contributed by atoms with van der Waals surface area (Å²) in [6.45, 7) is 5.44. The van der Waals surface area contributed by atoms with Crippen LogP contribution < -0.4 is 10.5 Å². The molecule has 0 unspecified atom stereocenters. The van der Waals surface area contributed by atoms with Crippen molar-refractivity contribution in [3.05, 3.63) is 39.8 Å². The number of nitrogens with two attached hydrogens (primary N) is 1. The highest BCUT2D eigenvalue weighted by Gasteiger charge is 2.18. The van der Waals surface area contributed by atoms with Crippen molar-refractivity contribution < 1.29 is 8.42 Å². The molecule has 0 aliphatic rings. The third-order valence-electron chi connectivity index (χ3n) is 3.36. The van der Waals surface area contributed by atoms with Gasteiger partial charge in [0.1, 0.15) is 0 Å². The Morgan fingerprint density at radius 3 is 2.71 bits per heavy atom. The van der Waals surface area contributed by atoms with Crippen LogP contribution in [0.5, 0.6) is 0 Å². The van der Waals surface area contributed by atoms with Crippen LogP contribution in [0, 0.1) is 6.92 Å². The SMILES string of the molecule is CCCn1cc(S(=O)(=O)NCc2cscc2C)cc1CN. The number of hydrogen-bond acceptors (Lipinski definition) is 4. The zero-order valence-electron chi connectivity index (χ0n) is 12.3. The third kappa shape index (κ3) is 3.74. The second-order valence-corrected chi connectivity index (χ2v) is 7.48. The first kappa shape index (κ1) is 16.2. The molecule has 0 amide bonds. The molecule has 2 heterocycles. The molecule has 2 rings (SSSR count). The highest BCUT2D eigenvalue weighted by molar-refractivity contribution is 7.89. The van der Waals surface area contributed by atoms with E-state index in [9.17, 15) is 8.42 Å². The van der Waals surface area contributed by atoms with Crippen LogP contribution in [0.25, 0.3) is 0 Å². The minimum Gasteiger partial charge on any atom is -0.349 e. The van der Waals surface area contributed by atoms with Crippen LogP contribution in [0.1, 0.15) is 30.2 Å². The highest BCUT2D eigenvalue weighted by atomic mass is 32.2. The third-order valence-corrected chi connectivity index (χ3v) is 5.64. The molecular formula is C14H21N3O2S2. The molecule has 0 fully saturated rings. The summed E-state index contributed by atoms with van der Waals surface area (Å²) in [6.07, 6.45) is 2.59. The van der Waals surface area contributed by atoms with E-state index in [0.717, 1.165) is 29.8 Å². The number of aromatic nitrogens is 1. The molecule has 7 heteroatoms. The van der Waals surface area contributed by atoms with Crippen LogP contribution in [-0.2, 0) is 29.7 Å². The van der Waals surface area contributed by atoms with Crippen molar-refractivity contribution >= 4 is 21.4 Å². The summed E-state index contributed by atoms with van der Waals surface area (Å²) in [7, 11) is -3.50. The highest BCUT2D eigenvalue weighted by Crippen LogP contribution is 2.17. The number of nitrogens with one attached hydrogen (secondary N) is 1. The summed E-state index contributed by atoms with van der Waals surface area (Å²) in [5.41, 5.74) is 8.63. The fraction of sp³-hybridized carbons (Fsp3) is 0.429. The predicted molar refractivity (Wildman–Crippen MR) is 85.7 cm³/mol. The molecule has 0 aliphatic carbocycles. The van der Waals surface area contributed by atoms with Crippen LogP contribution >= 0.6 is 11.3 Å². The van der Waals surface area contributed by atoms with E-state index in [4.69, 9.17) is 5.73 Å². The lowest BCUT2D eigenvalue weighted by Crippen LogP contribution is -2.23. The van der Waals surface area contributed by atoms with Crippen molar-refractivity contribution in [2.45, 2.75) is 44.8 Å². The largest absolute Gasteiger partial charge is 0.349 e. The van der Waals surface area contributed by atoms with Crippen molar-refractivity contribution in [3.8, 4) is 0 Å². The Morgan fingerprint density at radius 1 is 1.38 bits per heavy atom. The van der Waals surface area contributed by atoms with E-state index in [1.807, 2.05) is 29.2 Å². The van der Waals surface area contributed by atoms with E-state index in [-0.39, 0.29) is 4.90 Å². The smallest absolute Gasteiger partial charge is 0.242 e. The van der Waals surface area contributed by atoms with Gasteiger partial charge >= 0.3 is 0 Å². The molecule has 0 aliphatic heterocycles. The lowest BCUT2D eigenvalue weighted by molar-refractivity contribution is 0.580. The molecule has 0 atom stereocenters. The first-order valence-electron chi connectivity index (χ1n) is 6.88. The van der Waals surface area contributed by atoms with Gasteiger partial charge in [0.15, 0.2) is 0 Å². The normalized spacial score (nSPS) is 12.0. The fourth-order valence-electron chi connectivity index (χ4n) is 2.12. The van der Waals surface area contributed by atoms with Gasteiger partial charge in [0.25, 0.3) is 0 Å². The van der Waals surface area contributed by atoms with Gasteiger partial charge in [-0.25, -0.2) is 13.1 Å². The molecule has 5 nitrogen and oxygen atoms in total. The van der Waals surface area contributed by atoms with Crippen LogP contribution in [0.4, 0.5) is 0 Å². The molecule has 116 valence electrons. The quantitative estimate of drug-likeness (QED) is 0.818. The summed E-state index contributed by atoms with van der Waals surface area (Å²) in [4.78, 5) is 0.282. The van der Waals surface area contributed by atoms with E-state index in [1.54, 1.807) is 23.6 Å². The Morgan fingerprint density at radius 2 is 2.14 bits per heavy atom. The van der Waals surface area contributed by atoms with Gasteiger partial charge in [-0.1, -0.05) is 6.92 Å². The number of thiophene rings is 1. The van der Waals surface area contributed by atoms with Crippen molar-refractivity contribution in [1.29, 1.82) is 0 Å². The van der Waals surface area contributed by atoms with Gasteiger partial charge in [0, 0.05) is 31.5 Å². The molecule has 21 heavy (non-hydrogen) atoms. The van der Waals surface area contributed by atoms with E-state index >= 15 is 0 Å². The lowest BCUT2D eigenvalue weighted by Gasteiger charge is -2.05. The van der Waals surface area contributed by atoms with Crippen LogP contribution in [0.15, 0.2) is 27.9 Å². The van der Waals surface area contributed by atoms with Gasteiger partial charge in [-0.05, 0) is 41.3 Å². The van der Waals surface area contributed by atoms with Gasteiger partial charge in [-0.2, -0.15) is 11.3 Å². The molecule has 0 radical (unpaired) electrons. The fourth-order valence-corrected chi connectivity index (χ4v) is 4.04. The predicted octanol–water partition coefficient (Wildman–Crippen LogP) is 2.21. The molecule has 0 spiro atoms. The van der Waals surface area contributed by atoms with Gasteiger partial charge in [-0.15, -0.1) is 0 Å². The van der Waals surface area contributed by atoms with Gasteiger partial charge in [0.05, 0.1) is 4.90 Å². The number of sulfonamides is 1. The Balaban J connectivity index is 2.17. The molecule has 0 bridgehead atoms. The lowest BCUT2D eigenvalue weighted by atomic mass is 10.2. The van der Waals surface area contributed by atoms with Crippen molar-refractivity contribution in [2.75, 3.05) is 0 Å². The Bertz CT molecular complexity index is 702. The van der Waals surface area contributed by atoms with Crippen LogP contribution in [-0.4, -0.2) is 13.0 Å². The van der Waals surface area contributed by atoms with Gasteiger partial charge < -0.3 is 10.3 Å². The number of rotatable bonds is 7. The van der Waals surface area contributed by atoms with Gasteiger partial charge in [-0.3, -0.25) is 0 Å². The average Bonchev–Trinajstić information content (AvgIpc) is 3.04. The topological polar surface area (TPSA) is 77.1 Å². The molecule has 0 saturated heterocycles. The first-order valence-corrected chi connectivity index (χ1v) is 9.31. The van der Waals surface area contributed by atoms with Crippen LogP contribution in [0.3, 0.4) is 0 Å². The maximum absolute atomic E-state index is 12.4. The molecule has 0 aromatic carbocycles. The summed E-state index contributed by atoms with van der Waals surface area (Å²) >= 11 is 1.57.